The average Bonchev–Trinajstić information content (AvgIpc) is 3.04. The summed E-state index contributed by atoms with van der Waals surface area (Å²) in [6, 6.07) is 6.83. The Hall–Kier alpha value is -2.28. The number of carbonyl (C=O) groups excluding carboxylic acids is 2. The Morgan fingerprint density at radius 3 is 2.64 bits per heavy atom. The minimum Gasteiger partial charge on any atom is -0.399 e. The minimum absolute atomic E-state index is 0.0553. The van der Waals surface area contributed by atoms with Gasteiger partial charge in [0.2, 0.25) is 5.91 Å². The van der Waals surface area contributed by atoms with Crippen LogP contribution in [0.25, 0.3) is 0 Å². The van der Waals surface area contributed by atoms with E-state index in [1.165, 1.54) is 0 Å². The zero-order valence-corrected chi connectivity index (χ0v) is 12.4. The van der Waals surface area contributed by atoms with Crippen LogP contribution in [0, 0.1) is 0 Å². The number of amides is 3. The molecule has 0 saturated carbocycles. The van der Waals surface area contributed by atoms with Crippen molar-refractivity contribution in [2.75, 3.05) is 25.4 Å². The number of urea groups is 1. The van der Waals surface area contributed by atoms with Crippen LogP contribution in [0.1, 0.15) is 18.4 Å². The second kappa shape index (κ2) is 8.23. The number of anilines is 1. The van der Waals surface area contributed by atoms with Crippen molar-refractivity contribution < 1.29 is 14.3 Å². The molecule has 1 aliphatic rings. The van der Waals surface area contributed by atoms with Crippen molar-refractivity contribution in [1.82, 2.24) is 16.0 Å². The Morgan fingerprint density at radius 2 is 1.95 bits per heavy atom. The fourth-order valence-corrected chi connectivity index (χ4v) is 2.14. The van der Waals surface area contributed by atoms with Gasteiger partial charge in [0.05, 0.1) is 12.6 Å². The molecule has 0 bridgehead atoms. The molecule has 5 N–H and O–H groups in total. The van der Waals surface area contributed by atoms with Crippen LogP contribution < -0.4 is 21.7 Å². The number of ether oxygens (including phenoxy) is 1. The molecule has 1 saturated heterocycles. The lowest BCUT2D eigenvalue weighted by Crippen LogP contribution is -2.43. The summed E-state index contributed by atoms with van der Waals surface area (Å²) in [5, 5.41) is 7.93. The third-order valence-corrected chi connectivity index (χ3v) is 3.39. The molecule has 3 amide bonds. The molecule has 120 valence electrons. The van der Waals surface area contributed by atoms with Gasteiger partial charge in [-0.1, -0.05) is 12.1 Å². The van der Waals surface area contributed by atoms with Gasteiger partial charge in [0.25, 0.3) is 0 Å². The molecular formula is C15H22N4O3. The number of nitrogens with one attached hydrogen (secondary N) is 3. The topological polar surface area (TPSA) is 105 Å². The van der Waals surface area contributed by atoms with Crippen molar-refractivity contribution in [3.8, 4) is 0 Å². The molecule has 1 aliphatic heterocycles. The highest BCUT2D eigenvalue weighted by atomic mass is 16.5. The monoisotopic (exact) mass is 306 g/mol. The number of hydrogen-bond acceptors (Lipinski definition) is 4. The Bertz CT molecular complexity index is 498. The first kappa shape index (κ1) is 16.1. The number of benzene rings is 1. The van der Waals surface area contributed by atoms with Gasteiger partial charge >= 0.3 is 6.03 Å². The van der Waals surface area contributed by atoms with E-state index in [9.17, 15) is 9.59 Å². The second-order valence-electron chi connectivity index (χ2n) is 5.22. The summed E-state index contributed by atoms with van der Waals surface area (Å²) in [5.41, 5.74) is 7.20. The Kier molecular flexibility index (Phi) is 6.02. The molecular weight excluding hydrogens is 284 g/mol. The van der Waals surface area contributed by atoms with Crippen molar-refractivity contribution in [2.45, 2.75) is 25.5 Å². The van der Waals surface area contributed by atoms with E-state index in [0.717, 1.165) is 25.0 Å². The number of nitrogen functional groups attached to an aromatic ring is 1. The number of nitrogens with two attached hydrogens (primary N) is 1. The molecule has 0 aliphatic carbocycles. The molecule has 7 heteroatoms. The van der Waals surface area contributed by atoms with Crippen LogP contribution in [0.5, 0.6) is 0 Å². The highest BCUT2D eigenvalue weighted by molar-refractivity contribution is 5.83. The SMILES string of the molecule is Nc1ccc(CNC(=O)NCC(=O)NCC2CCCO2)cc1. The zero-order chi connectivity index (χ0) is 15.8. The molecule has 0 spiro atoms. The fraction of sp³-hybridized carbons (Fsp3) is 0.467. The van der Waals surface area contributed by atoms with E-state index in [1.807, 2.05) is 12.1 Å². The molecule has 1 fully saturated rings. The first-order valence-corrected chi connectivity index (χ1v) is 7.38. The van der Waals surface area contributed by atoms with Crippen LogP contribution in [0.15, 0.2) is 24.3 Å². The number of rotatable bonds is 6. The highest BCUT2D eigenvalue weighted by Gasteiger charge is 2.16. The Labute approximate surface area is 129 Å². The maximum Gasteiger partial charge on any atom is 0.315 e. The summed E-state index contributed by atoms with van der Waals surface area (Å²) in [4.78, 5) is 23.2. The minimum atomic E-state index is -0.385. The quantitative estimate of drug-likeness (QED) is 0.570. The molecule has 1 aromatic carbocycles. The van der Waals surface area contributed by atoms with Gasteiger partial charge in [0.1, 0.15) is 0 Å². The molecule has 1 aromatic rings. The van der Waals surface area contributed by atoms with Crippen LogP contribution in [0.4, 0.5) is 10.5 Å². The summed E-state index contributed by atoms with van der Waals surface area (Å²) in [7, 11) is 0. The second-order valence-corrected chi connectivity index (χ2v) is 5.22. The number of hydrogen-bond donors (Lipinski definition) is 4. The van der Waals surface area contributed by atoms with Crippen LogP contribution in [0.3, 0.4) is 0 Å². The molecule has 0 aromatic heterocycles. The molecule has 1 atom stereocenters. The smallest absolute Gasteiger partial charge is 0.315 e. The van der Waals surface area contributed by atoms with Gasteiger partial charge in [0, 0.05) is 25.4 Å². The third kappa shape index (κ3) is 5.61. The fourth-order valence-electron chi connectivity index (χ4n) is 2.14. The predicted octanol–water partition coefficient (Wildman–Crippen LogP) is 0.363. The van der Waals surface area contributed by atoms with E-state index < -0.39 is 0 Å². The van der Waals surface area contributed by atoms with Crippen LogP contribution in [0.2, 0.25) is 0 Å². The van der Waals surface area contributed by atoms with Gasteiger partial charge in [-0.2, -0.15) is 0 Å². The third-order valence-electron chi connectivity index (χ3n) is 3.39. The summed E-state index contributed by atoms with van der Waals surface area (Å²) >= 11 is 0. The molecule has 7 nitrogen and oxygen atoms in total. The lowest BCUT2D eigenvalue weighted by Gasteiger charge is -2.11. The van der Waals surface area contributed by atoms with Gasteiger partial charge < -0.3 is 26.4 Å². The lowest BCUT2D eigenvalue weighted by atomic mass is 10.2. The summed E-state index contributed by atoms with van der Waals surface area (Å²) in [6.07, 6.45) is 2.10. The van der Waals surface area contributed by atoms with E-state index >= 15 is 0 Å². The van der Waals surface area contributed by atoms with Gasteiger partial charge in [-0.05, 0) is 30.5 Å². The van der Waals surface area contributed by atoms with Crippen molar-refractivity contribution in [3.05, 3.63) is 29.8 Å². The van der Waals surface area contributed by atoms with E-state index in [2.05, 4.69) is 16.0 Å². The zero-order valence-electron chi connectivity index (χ0n) is 12.4. The van der Waals surface area contributed by atoms with Crippen molar-refractivity contribution in [3.63, 3.8) is 0 Å². The van der Waals surface area contributed by atoms with Crippen LogP contribution >= 0.6 is 0 Å². The molecule has 22 heavy (non-hydrogen) atoms. The van der Waals surface area contributed by atoms with E-state index in [4.69, 9.17) is 10.5 Å². The summed E-state index contributed by atoms with van der Waals surface area (Å²) < 4.78 is 5.40. The molecule has 0 radical (unpaired) electrons. The van der Waals surface area contributed by atoms with E-state index in [-0.39, 0.29) is 24.6 Å². The Balaban J connectivity index is 1.58. The summed E-state index contributed by atoms with van der Waals surface area (Å²) in [5.74, 6) is -0.224. The van der Waals surface area contributed by atoms with E-state index in [1.54, 1.807) is 12.1 Å². The van der Waals surface area contributed by atoms with Crippen molar-refractivity contribution >= 4 is 17.6 Å². The van der Waals surface area contributed by atoms with E-state index in [0.29, 0.717) is 18.8 Å². The largest absolute Gasteiger partial charge is 0.399 e. The highest BCUT2D eigenvalue weighted by Crippen LogP contribution is 2.10. The maximum atomic E-state index is 11.6. The maximum absolute atomic E-state index is 11.6. The van der Waals surface area contributed by atoms with Crippen LogP contribution in [-0.2, 0) is 16.1 Å². The standard InChI is InChI=1S/C15H22N4O3/c16-12-5-3-11(4-6-12)8-18-15(21)19-10-14(20)17-9-13-2-1-7-22-13/h3-6,13H,1-2,7-10,16H2,(H,17,20)(H2,18,19,21). The first-order chi connectivity index (χ1) is 10.6. The molecule has 2 rings (SSSR count). The van der Waals surface area contributed by atoms with Crippen LogP contribution in [-0.4, -0.2) is 37.7 Å². The average molecular weight is 306 g/mol. The van der Waals surface area contributed by atoms with Gasteiger partial charge in [0.15, 0.2) is 0 Å². The number of carbonyl (C=O) groups is 2. The summed E-state index contributed by atoms with van der Waals surface area (Å²) in [6.45, 7) is 1.57. The van der Waals surface area contributed by atoms with Crippen molar-refractivity contribution in [2.24, 2.45) is 0 Å². The van der Waals surface area contributed by atoms with Crippen molar-refractivity contribution in [1.29, 1.82) is 0 Å². The predicted molar refractivity (Wildman–Crippen MR) is 83.1 cm³/mol. The van der Waals surface area contributed by atoms with Gasteiger partial charge in [-0.15, -0.1) is 0 Å². The van der Waals surface area contributed by atoms with Gasteiger partial charge in [-0.25, -0.2) is 4.79 Å². The first-order valence-electron chi connectivity index (χ1n) is 7.38. The molecule has 1 heterocycles. The Morgan fingerprint density at radius 1 is 1.18 bits per heavy atom. The lowest BCUT2D eigenvalue weighted by molar-refractivity contribution is -0.120. The molecule has 1 unspecified atom stereocenters. The normalized spacial score (nSPS) is 17.0. The van der Waals surface area contributed by atoms with Gasteiger partial charge in [-0.3, -0.25) is 4.79 Å².